The fourth-order valence-corrected chi connectivity index (χ4v) is 3.30. The summed E-state index contributed by atoms with van der Waals surface area (Å²) in [5, 5.41) is 5.31. The van der Waals surface area contributed by atoms with E-state index < -0.39 is 35.2 Å². The van der Waals surface area contributed by atoms with Crippen LogP contribution in [0, 0.1) is 5.82 Å². The van der Waals surface area contributed by atoms with E-state index in [0.29, 0.717) is 10.6 Å². The quantitative estimate of drug-likeness (QED) is 0.788. The number of carbonyl (C=O) groups excluding carboxylic acids is 3. The average molecular weight is 390 g/mol. The Morgan fingerprint density at radius 3 is 2.48 bits per heavy atom. The molecule has 8 heteroatoms. The summed E-state index contributed by atoms with van der Waals surface area (Å²) in [4.78, 5) is 38.7. The molecule has 0 spiro atoms. The minimum Gasteiger partial charge on any atom is -0.322 e. The number of urea groups is 1. The predicted molar refractivity (Wildman–Crippen MR) is 98.7 cm³/mol. The molecule has 2 N–H and O–H groups in total. The van der Waals surface area contributed by atoms with Crippen LogP contribution in [0.4, 0.5) is 14.9 Å². The maximum absolute atomic E-state index is 13.7. The van der Waals surface area contributed by atoms with Crippen LogP contribution in [-0.4, -0.2) is 28.8 Å². The van der Waals surface area contributed by atoms with Crippen LogP contribution in [0.1, 0.15) is 19.4 Å². The van der Waals surface area contributed by atoms with Gasteiger partial charge in [0.25, 0.3) is 5.91 Å². The van der Waals surface area contributed by atoms with Crippen LogP contribution in [0.2, 0.25) is 5.02 Å². The molecule has 2 aromatic rings. The van der Waals surface area contributed by atoms with Crippen molar-refractivity contribution in [3.8, 4) is 0 Å². The normalized spacial score (nSPS) is 20.4. The zero-order chi connectivity index (χ0) is 19.8. The molecule has 1 saturated heterocycles. The van der Waals surface area contributed by atoms with Crippen molar-refractivity contribution in [1.82, 2.24) is 10.2 Å². The molecule has 2 atom stereocenters. The number of anilines is 1. The first-order chi connectivity index (χ1) is 12.8. The van der Waals surface area contributed by atoms with Gasteiger partial charge in [-0.15, -0.1) is 0 Å². The topological polar surface area (TPSA) is 78.5 Å². The first-order valence-electron chi connectivity index (χ1n) is 8.22. The lowest BCUT2D eigenvalue weighted by molar-refractivity contribution is -0.136. The zero-order valence-electron chi connectivity index (χ0n) is 14.6. The summed E-state index contributed by atoms with van der Waals surface area (Å²) >= 11 is 6.18. The third-order valence-electron chi connectivity index (χ3n) is 4.53. The lowest BCUT2D eigenvalue weighted by Crippen LogP contribution is -2.47. The first kappa shape index (κ1) is 18.8. The lowest BCUT2D eigenvalue weighted by atomic mass is 9.91. The van der Waals surface area contributed by atoms with Gasteiger partial charge in [-0.25, -0.2) is 14.1 Å². The van der Waals surface area contributed by atoms with E-state index in [1.165, 1.54) is 32.0 Å². The number of nitrogens with one attached hydrogen (secondary N) is 2. The highest BCUT2D eigenvalue weighted by Crippen LogP contribution is 2.34. The van der Waals surface area contributed by atoms with E-state index in [2.05, 4.69) is 10.6 Å². The van der Waals surface area contributed by atoms with Gasteiger partial charge < -0.3 is 10.6 Å². The van der Waals surface area contributed by atoms with Crippen molar-refractivity contribution in [1.29, 1.82) is 0 Å². The van der Waals surface area contributed by atoms with Gasteiger partial charge in [-0.1, -0.05) is 41.9 Å². The van der Waals surface area contributed by atoms with Gasteiger partial charge in [-0.05, 0) is 32.0 Å². The summed E-state index contributed by atoms with van der Waals surface area (Å²) in [5.41, 5.74) is -1.01. The molecule has 6 nitrogen and oxygen atoms in total. The third-order valence-corrected chi connectivity index (χ3v) is 4.86. The van der Waals surface area contributed by atoms with E-state index in [0.717, 1.165) is 4.90 Å². The monoisotopic (exact) mass is 389 g/mol. The minimum atomic E-state index is -1.40. The molecule has 0 aliphatic carbocycles. The van der Waals surface area contributed by atoms with Crippen LogP contribution in [0.3, 0.4) is 0 Å². The molecule has 4 amide bonds. The van der Waals surface area contributed by atoms with Gasteiger partial charge in [-0.2, -0.15) is 0 Å². The second-order valence-corrected chi connectivity index (χ2v) is 6.76. The smallest absolute Gasteiger partial charge is 0.322 e. The zero-order valence-corrected chi connectivity index (χ0v) is 15.4. The largest absolute Gasteiger partial charge is 0.326 e. The SMILES string of the molecule is C[C@@H](C(=O)Nc1ccccc1F)N1C(=O)N[C@](C)(c2ccccc2Cl)C1=O. The molecule has 0 bridgehead atoms. The summed E-state index contributed by atoms with van der Waals surface area (Å²) < 4.78 is 13.7. The maximum atomic E-state index is 13.7. The number of para-hydroxylation sites is 1. The van der Waals surface area contributed by atoms with E-state index in [-0.39, 0.29) is 5.69 Å². The van der Waals surface area contributed by atoms with E-state index in [1.54, 1.807) is 30.3 Å². The van der Waals surface area contributed by atoms with Crippen LogP contribution in [0.5, 0.6) is 0 Å². The van der Waals surface area contributed by atoms with E-state index in [1.807, 2.05) is 0 Å². The standard InChI is InChI=1S/C19H17ClFN3O3/c1-11(16(25)22-15-10-6-5-9-14(15)21)24-17(26)19(2,23-18(24)27)12-7-3-4-8-13(12)20/h3-11H,1-2H3,(H,22,25)(H,23,27)/t11-,19+/m0/s1. The molecule has 0 unspecified atom stereocenters. The molecule has 27 heavy (non-hydrogen) atoms. The van der Waals surface area contributed by atoms with Crippen molar-refractivity contribution in [2.45, 2.75) is 25.4 Å². The summed E-state index contributed by atoms with van der Waals surface area (Å²) in [6.45, 7) is 2.92. The van der Waals surface area contributed by atoms with Gasteiger partial charge in [0.05, 0.1) is 5.69 Å². The number of imide groups is 1. The van der Waals surface area contributed by atoms with Crippen LogP contribution in [0.25, 0.3) is 0 Å². The number of halogens is 2. The Hall–Kier alpha value is -2.93. The van der Waals surface area contributed by atoms with E-state index in [9.17, 15) is 18.8 Å². The number of amides is 4. The van der Waals surface area contributed by atoms with Crippen molar-refractivity contribution >= 4 is 35.1 Å². The summed E-state index contributed by atoms with van der Waals surface area (Å²) in [5.74, 6) is -1.92. The van der Waals surface area contributed by atoms with Crippen molar-refractivity contribution < 1.29 is 18.8 Å². The van der Waals surface area contributed by atoms with Crippen LogP contribution >= 0.6 is 11.6 Å². The number of benzene rings is 2. The Labute approximate surface area is 160 Å². The fraction of sp³-hybridized carbons (Fsp3) is 0.211. The maximum Gasteiger partial charge on any atom is 0.326 e. The number of rotatable bonds is 4. The highest BCUT2D eigenvalue weighted by molar-refractivity contribution is 6.32. The van der Waals surface area contributed by atoms with Gasteiger partial charge in [0.15, 0.2) is 0 Å². The summed E-state index contributed by atoms with van der Waals surface area (Å²) in [7, 11) is 0. The Morgan fingerprint density at radius 1 is 1.19 bits per heavy atom. The molecule has 0 saturated carbocycles. The lowest BCUT2D eigenvalue weighted by Gasteiger charge is -2.25. The van der Waals surface area contributed by atoms with Crippen molar-refractivity contribution in [3.63, 3.8) is 0 Å². The number of hydrogen-bond acceptors (Lipinski definition) is 3. The summed E-state index contributed by atoms with van der Waals surface area (Å²) in [6.07, 6.45) is 0. The van der Waals surface area contributed by atoms with Crippen LogP contribution in [-0.2, 0) is 15.1 Å². The number of carbonyl (C=O) groups is 3. The first-order valence-corrected chi connectivity index (χ1v) is 8.59. The van der Waals surface area contributed by atoms with Crippen LogP contribution < -0.4 is 10.6 Å². The predicted octanol–water partition coefficient (Wildman–Crippen LogP) is 3.27. The van der Waals surface area contributed by atoms with Gasteiger partial charge in [0.1, 0.15) is 17.4 Å². The Kier molecular flexibility index (Phi) is 4.89. The third kappa shape index (κ3) is 3.26. The van der Waals surface area contributed by atoms with Gasteiger partial charge in [0, 0.05) is 10.6 Å². The van der Waals surface area contributed by atoms with Crippen LogP contribution in [0.15, 0.2) is 48.5 Å². The Bertz CT molecular complexity index is 936. The molecule has 1 heterocycles. The van der Waals surface area contributed by atoms with Gasteiger partial charge >= 0.3 is 6.03 Å². The number of hydrogen-bond donors (Lipinski definition) is 2. The molecular weight excluding hydrogens is 373 g/mol. The fourth-order valence-electron chi connectivity index (χ4n) is 2.98. The molecular formula is C19H17ClFN3O3. The molecule has 3 rings (SSSR count). The molecule has 140 valence electrons. The molecule has 2 aromatic carbocycles. The average Bonchev–Trinajstić information content (AvgIpc) is 2.86. The highest BCUT2D eigenvalue weighted by atomic mass is 35.5. The van der Waals surface area contributed by atoms with Gasteiger partial charge in [0.2, 0.25) is 5.91 Å². The van der Waals surface area contributed by atoms with E-state index >= 15 is 0 Å². The molecule has 1 aliphatic rings. The Balaban J connectivity index is 1.85. The summed E-state index contributed by atoms with van der Waals surface area (Å²) in [6, 6.07) is 10.4. The number of nitrogens with zero attached hydrogens (tertiary/aromatic N) is 1. The van der Waals surface area contributed by atoms with Gasteiger partial charge in [-0.3, -0.25) is 9.59 Å². The molecule has 1 aliphatic heterocycles. The van der Waals surface area contributed by atoms with E-state index in [4.69, 9.17) is 11.6 Å². The second-order valence-electron chi connectivity index (χ2n) is 6.36. The van der Waals surface area contributed by atoms with Crippen molar-refractivity contribution in [2.24, 2.45) is 0 Å². The second kappa shape index (κ2) is 7.00. The molecule has 0 radical (unpaired) electrons. The minimum absolute atomic E-state index is 0.0322. The highest BCUT2D eigenvalue weighted by Gasteiger charge is 2.52. The Morgan fingerprint density at radius 2 is 1.81 bits per heavy atom. The molecule has 0 aromatic heterocycles. The molecule has 1 fully saturated rings. The van der Waals surface area contributed by atoms with Crippen molar-refractivity contribution in [2.75, 3.05) is 5.32 Å². The van der Waals surface area contributed by atoms with Crippen molar-refractivity contribution in [3.05, 3.63) is 64.9 Å².